The molecule has 2 aromatic carbocycles. The third-order valence-electron chi connectivity index (χ3n) is 3.50. The molecular weight excluding hydrogens is 281 g/mol. The van der Waals surface area contributed by atoms with Crippen LogP contribution in [0.4, 0.5) is 4.39 Å². The highest BCUT2D eigenvalue weighted by Gasteiger charge is 2.11. The van der Waals surface area contributed by atoms with Gasteiger partial charge in [0.1, 0.15) is 11.6 Å². The van der Waals surface area contributed by atoms with Crippen molar-refractivity contribution in [2.75, 3.05) is 6.61 Å². The van der Waals surface area contributed by atoms with Gasteiger partial charge in [-0.15, -0.1) is 0 Å². The molecule has 116 valence electrons. The van der Waals surface area contributed by atoms with Crippen molar-refractivity contribution in [1.29, 1.82) is 0 Å². The number of ether oxygens (including phenoxy) is 1. The fraction of sp³-hybridized carbons (Fsp3) is 0.278. The molecule has 3 nitrogen and oxygen atoms in total. The molecule has 0 fully saturated rings. The maximum Gasteiger partial charge on any atom is 0.258 e. The van der Waals surface area contributed by atoms with Crippen LogP contribution in [-0.2, 0) is 4.79 Å². The Kier molecular flexibility index (Phi) is 5.15. The summed E-state index contributed by atoms with van der Waals surface area (Å²) in [5, 5.41) is 2.84. The van der Waals surface area contributed by atoms with E-state index < -0.39 is 0 Å². The average molecular weight is 301 g/mol. The van der Waals surface area contributed by atoms with Gasteiger partial charge in [0.05, 0.1) is 6.04 Å². The Morgan fingerprint density at radius 1 is 1.14 bits per heavy atom. The third kappa shape index (κ3) is 4.07. The molecule has 1 N–H and O–H groups in total. The molecule has 1 amide bonds. The van der Waals surface area contributed by atoms with Crippen LogP contribution in [0.2, 0.25) is 0 Å². The van der Waals surface area contributed by atoms with Crippen LogP contribution in [0.15, 0.2) is 42.5 Å². The Hall–Kier alpha value is -2.36. The molecule has 0 unspecified atom stereocenters. The number of nitrogens with one attached hydrogen (secondary N) is 1. The summed E-state index contributed by atoms with van der Waals surface area (Å²) < 4.78 is 18.5. The molecule has 22 heavy (non-hydrogen) atoms. The average Bonchev–Trinajstić information content (AvgIpc) is 2.47. The summed E-state index contributed by atoms with van der Waals surface area (Å²) >= 11 is 0. The summed E-state index contributed by atoms with van der Waals surface area (Å²) in [5.41, 5.74) is 2.85. The number of hydrogen-bond acceptors (Lipinski definition) is 2. The normalized spacial score (nSPS) is 11.8. The van der Waals surface area contributed by atoms with Crippen molar-refractivity contribution in [3.8, 4) is 5.75 Å². The van der Waals surface area contributed by atoms with Crippen molar-refractivity contribution < 1.29 is 13.9 Å². The fourth-order valence-electron chi connectivity index (χ4n) is 2.28. The molecule has 0 spiro atoms. The lowest BCUT2D eigenvalue weighted by Crippen LogP contribution is -2.31. The Labute approximate surface area is 130 Å². The second-order valence-electron chi connectivity index (χ2n) is 5.35. The van der Waals surface area contributed by atoms with Gasteiger partial charge in [0, 0.05) is 0 Å². The van der Waals surface area contributed by atoms with Gasteiger partial charge in [-0.25, -0.2) is 4.39 Å². The van der Waals surface area contributed by atoms with Crippen LogP contribution in [-0.4, -0.2) is 12.5 Å². The van der Waals surface area contributed by atoms with Crippen LogP contribution in [0.3, 0.4) is 0 Å². The highest BCUT2D eigenvalue weighted by atomic mass is 19.1. The first-order chi connectivity index (χ1) is 10.5. The molecule has 0 aliphatic heterocycles. The molecular formula is C18H20FNO2. The van der Waals surface area contributed by atoms with Gasteiger partial charge in [0.15, 0.2) is 6.61 Å². The first kappa shape index (κ1) is 16.0. The van der Waals surface area contributed by atoms with E-state index >= 15 is 0 Å². The van der Waals surface area contributed by atoms with Gasteiger partial charge < -0.3 is 10.1 Å². The van der Waals surface area contributed by atoms with Crippen LogP contribution < -0.4 is 10.1 Å². The highest BCUT2D eigenvalue weighted by molar-refractivity contribution is 5.78. The van der Waals surface area contributed by atoms with Gasteiger partial charge in [-0.05, 0) is 49.6 Å². The maximum absolute atomic E-state index is 12.9. The first-order valence-electron chi connectivity index (χ1n) is 7.21. The lowest BCUT2D eigenvalue weighted by Gasteiger charge is -2.16. The zero-order valence-electron chi connectivity index (χ0n) is 13.0. The molecule has 0 aromatic heterocycles. The van der Waals surface area contributed by atoms with E-state index in [1.807, 2.05) is 39.0 Å². The zero-order valence-corrected chi connectivity index (χ0v) is 13.0. The van der Waals surface area contributed by atoms with E-state index in [1.165, 1.54) is 12.1 Å². The van der Waals surface area contributed by atoms with Gasteiger partial charge in [0.2, 0.25) is 0 Å². The van der Waals surface area contributed by atoms with E-state index in [9.17, 15) is 9.18 Å². The summed E-state index contributed by atoms with van der Waals surface area (Å²) in [5.74, 6) is 0.243. The molecule has 0 aliphatic rings. The van der Waals surface area contributed by atoms with Crippen molar-refractivity contribution in [3.63, 3.8) is 0 Å². The minimum Gasteiger partial charge on any atom is -0.483 e. The molecule has 2 rings (SSSR count). The Bertz CT molecular complexity index is 632. The molecule has 0 saturated carbocycles. The number of carbonyl (C=O) groups excluding carboxylic acids is 1. The van der Waals surface area contributed by atoms with Gasteiger partial charge in [-0.3, -0.25) is 4.79 Å². The second kappa shape index (κ2) is 7.07. The summed E-state index contributed by atoms with van der Waals surface area (Å²) in [4.78, 5) is 12.0. The Morgan fingerprint density at radius 3 is 2.32 bits per heavy atom. The topological polar surface area (TPSA) is 38.3 Å². The largest absolute Gasteiger partial charge is 0.483 e. The molecule has 2 aromatic rings. The number of carbonyl (C=O) groups is 1. The minimum absolute atomic E-state index is 0.0444. The van der Waals surface area contributed by atoms with Crippen LogP contribution in [0.25, 0.3) is 0 Å². The van der Waals surface area contributed by atoms with Crippen molar-refractivity contribution in [2.24, 2.45) is 0 Å². The second-order valence-corrected chi connectivity index (χ2v) is 5.35. The van der Waals surface area contributed by atoms with Crippen LogP contribution in [0, 0.1) is 19.7 Å². The SMILES string of the molecule is Cc1cccc(C)c1OCC(=O)N[C@@H](C)c1ccc(F)cc1. The fourth-order valence-corrected chi connectivity index (χ4v) is 2.28. The molecule has 0 bridgehead atoms. The number of amides is 1. The quantitative estimate of drug-likeness (QED) is 0.914. The number of aryl methyl sites for hydroxylation is 2. The van der Waals surface area contributed by atoms with E-state index in [2.05, 4.69) is 5.32 Å². The van der Waals surface area contributed by atoms with Crippen LogP contribution in [0.5, 0.6) is 5.75 Å². The summed E-state index contributed by atoms with van der Waals surface area (Å²) in [6.07, 6.45) is 0. The standard InChI is InChI=1S/C18H20FNO2/c1-12-5-4-6-13(2)18(12)22-11-17(21)20-14(3)15-7-9-16(19)10-8-15/h4-10,14H,11H2,1-3H3,(H,20,21)/t14-/m0/s1. The van der Waals surface area contributed by atoms with Gasteiger partial charge in [-0.1, -0.05) is 30.3 Å². The molecule has 1 atom stereocenters. The van der Waals surface area contributed by atoms with Gasteiger partial charge in [-0.2, -0.15) is 0 Å². The number of hydrogen-bond donors (Lipinski definition) is 1. The molecule has 0 aliphatic carbocycles. The predicted molar refractivity (Wildman–Crippen MR) is 84.4 cm³/mol. The van der Waals surface area contributed by atoms with E-state index in [0.29, 0.717) is 0 Å². The van der Waals surface area contributed by atoms with E-state index in [-0.39, 0.29) is 24.4 Å². The highest BCUT2D eigenvalue weighted by Crippen LogP contribution is 2.22. The summed E-state index contributed by atoms with van der Waals surface area (Å²) in [6, 6.07) is 11.7. The third-order valence-corrected chi connectivity index (χ3v) is 3.50. The lowest BCUT2D eigenvalue weighted by molar-refractivity contribution is -0.123. The van der Waals surface area contributed by atoms with Crippen molar-refractivity contribution in [3.05, 3.63) is 65.0 Å². The van der Waals surface area contributed by atoms with Crippen molar-refractivity contribution >= 4 is 5.91 Å². The zero-order chi connectivity index (χ0) is 16.1. The maximum atomic E-state index is 12.9. The number of rotatable bonds is 5. The van der Waals surface area contributed by atoms with Gasteiger partial charge >= 0.3 is 0 Å². The molecule has 0 heterocycles. The number of para-hydroxylation sites is 1. The Balaban J connectivity index is 1.91. The van der Waals surface area contributed by atoms with E-state index in [1.54, 1.807) is 12.1 Å². The molecule has 0 saturated heterocycles. The smallest absolute Gasteiger partial charge is 0.258 e. The van der Waals surface area contributed by atoms with Crippen molar-refractivity contribution in [2.45, 2.75) is 26.8 Å². The van der Waals surface area contributed by atoms with Crippen LogP contribution >= 0.6 is 0 Å². The monoisotopic (exact) mass is 301 g/mol. The minimum atomic E-state index is -0.291. The summed E-state index contributed by atoms with van der Waals surface area (Å²) in [7, 11) is 0. The van der Waals surface area contributed by atoms with Crippen LogP contribution in [0.1, 0.15) is 29.7 Å². The first-order valence-corrected chi connectivity index (χ1v) is 7.21. The van der Waals surface area contributed by atoms with E-state index in [4.69, 9.17) is 4.74 Å². The molecule has 4 heteroatoms. The lowest BCUT2D eigenvalue weighted by atomic mass is 10.1. The molecule has 0 radical (unpaired) electrons. The predicted octanol–water partition coefficient (Wildman–Crippen LogP) is 3.70. The van der Waals surface area contributed by atoms with E-state index in [0.717, 1.165) is 22.4 Å². The van der Waals surface area contributed by atoms with Gasteiger partial charge in [0.25, 0.3) is 5.91 Å². The summed E-state index contributed by atoms with van der Waals surface area (Å²) in [6.45, 7) is 5.70. The number of halogens is 1. The number of benzene rings is 2. The Morgan fingerprint density at radius 2 is 1.73 bits per heavy atom. The van der Waals surface area contributed by atoms with Crippen molar-refractivity contribution in [1.82, 2.24) is 5.32 Å².